The van der Waals surface area contributed by atoms with Crippen molar-refractivity contribution in [2.45, 2.75) is 32.2 Å². The van der Waals surface area contributed by atoms with E-state index in [-0.39, 0.29) is 16.5 Å². The number of hydrogen-bond acceptors (Lipinski definition) is 4. The van der Waals surface area contributed by atoms with E-state index in [4.69, 9.17) is 0 Å². The van der Waals surface area contributed by atoms with Crippen molar-refractivity contribution in [1.29, 1.82) is 0 Å². The van der Waals surface area contributed by atoms with Crippen molar-refractivity contribution in [3.63, 3.8) is 0 Å². The highest BCUT2D eigenvalue weighted by Gasteiger charge is 2.21. The molecular weight excluding hydrogens is 254 g/mol. The van der Waals surface area contributed by atoms with E-state index in [1.807, 2.05) is 19.2 Å². The molecule has 1 aromatic carbocycles. The fourth-order valence-corrected chi connectivity index (χ4v) is 2.78. The smallest absolute Gasteiger partial charge is 0.278 e. The first-order valence-corrected chi connectivity index (χ1v) is 6.78. The second-order valence-electron chi connectivity index (χ2n) is 4.94. The van der Waals surface area contributed by atoms with Crippen LogP contribution >= 0.6 is 0 Å². The molecule has 0 radical (unpaired) electrons. The summed E-state index contributed by atoms with van der Waals surface area (Å²) in [7, 11) is 1.94. The molecule has 1 heterocycles. The minimum atomic E-state index is -0.353. The number of hydrogen-bond donors (Lipinski definition) is 1. The van der Waals surface area contributed by atoms with Gasteiger partial charge in [-0.2, -0.15) is 0 Å². The predicted octanol–water partition coefficient (Wildman–Crippen LogP) is 3.24. The molecule has 2 aromatic rings. The largest absolute Gasteiger partial charge is 0.316 e. The van der Waals surface area contributed by atoms with Crippen LogP contribution in [0.25, 0.3) is 10.8 Å². The van der Waals surface area contributed by atoms with Gasteiger partial charge < -0.3 is 5.32 Å². The van der Waals surface area contributed by atoms with Gasteiger partial charge in [-0.15, -0.1) is 0 Å². The minimum Gasteiger partial charge on any atom is -0.316 e. The fourth-order valence-electron chi connectivity index (χ4n) is 2.78. The summed E-state index contributed by atoms with van der Waals surface area (Å²) in [5, 5.41) is 15.9. The van der Waals surface area contributed by atoms with Crippen LogP contribution in [-0.4, -0.2) is 23.0 Å². The average Bonchev–Trinajstić information content (AvgIpc) is 2.47. The van der Waals surface area contributed by atoms with E-state index in [0.29, 0.717) is 11.4 Å². The third-order valence-corrected chi connectivity index (χ3v) is 3.93. The maximum Gasteiger partial charge on any atom is 0.278 e. The van der Waals surface area contributed by atoms with Gasteiger partial charge in [0.25, 0.3) is 5.69 Å². The zero-order valence-electron chi connectivity index (χ0n) is 12.0. The zero-order chi connectivity index (χ0) is 14.7. The lowest BCUT2D eigenvalue weighted by molar-refractivity contribution is -0.383. The summed E-state index contributed by atoms with van der Waals surface area (Å²) in [6.45, 7) is 4.28. The first-order chi connectivity index (χ1) is 9.60. The second kappa shape index (κ2) is 5.96. The van der Waals surface area contributed by atoms with Crippen LogP contribution in [0.1, 0.15) is 31.7 Å². The molecule has 0 amide bonds. The van der Waals surface area contributed by atoms with E-state index in [0.717, 1.165) is 17.4 Å². The fraction of sp³-hybridized carbons (Fsp3) is 0.400. The highest BCUT2D eigenvalue weighted by Crippen LogP contribution is 2.33. The van der Waals surface area contributed by atoms with Crippen LogP contribution in [-0.2, 0) is 0 Å². The molecule has 2 rings (SSSR count). The molecule has 0 aliphatic heterocycles. The Morgan fingerprint density at radius 3 is 2.70 bits per heavy atom. The molecule has 2 unspecified atom stereocenters. The summed E-state index contributed by atoms with van der Waals surface area (Å²) in [5.74, 6) is 0.274. The van der Waals surface area contributed by atoms with Gasteiger partial charge in [-0.3, -0.25) is 15.1 Å². The van der Waals surface area contributed by atoms with Gasteiger partial charge in [-0.25, -0.2) is 0 Å². The van der Waals surface area contributed by atoms with Gasteiger partial charge in [0.05, 0.1) is 10.3 Å². The standard InChI is InChI=1S/C15H19N3O2/c1-4-14(16-3)10(2)11-5-6-15(18(19)20)13-9-17-8-7-12(11)13/h5-10,14,16H,4H2,1-3H3. The van der Waals surface area contributed by atoms with Crippen LogP contribution in [0, 0.1) is 10.1 Å². The van der Waals surface area contributed by atoms with Crippen molar-refractivity contribution in [2.24, 2.45) is 0 Å². The van der Waals surface area contributed by atoms with Crippen LogP contribution < -0.4 is 5.32 Å². The maximum atomic E-state index is 11.1. The minimum absolute atomic E-state index is 0.113. The van der Waals surface area contributed by atoms with Crippen molar-refractivity contribution in [3.8, 4) is 0 Å². The van der Waals surface area contributed by atoms with Gasteiger partial charge >= 0.3 is 0 Å². The Morgan fingerprint density at radius 2 is 2.10 bits per heavy atom. The number of nitrogens with zero attached hydrogens (tertiary/aromatic N) is 2. The number of non-ortho nitro benzene ring substituents is 1. The molecule has 2 atom stereocenters. The normalized spacial score (nSPS) is 14.2. The highest BCUT2D eigenvalue weighted by molar-refractivity contribution is 5.92. The number of benzene rings is 1. The number of nitro groups is 1. The van der Waals surface area contributed by atoms with E-state index in [2.05, 4.69) is 24.1 Å². The van der Waals surface area contributed by atoms with Crippen LogP contribution in [0.3, 0.4) is 0 Å². The summed E-state index contributed by atoms with van der Waals surface area (Å²) in [6, 6.07) is 5.65. The van der Waals surface area contributed by atoms with Gasteiger partial charge in [-0.05, 0) is 36.4 Å². The van der Waals surface area contributed by atoms with Gasteiger partial charge in [0.2, 0.25) is 0 Å². The number of fused-ring (bicyclic) bond motifs is 1. The Hall–Kier alpha value is -2.01. The van der Waals surface area contributed by atoms with Crippen LogP contribution in [0.5, 0.6) is 0 Å². The third-order valence-electron chi connectivity index (χ3n) is 3.93. The molecule has 0 saturated carbocycles. The molecule has 0 saturated heterocycles. The Labute approximate surface area is 118 Å². The van der Waals surface area contributed by atoms with Gasteiger partial charge in [0.15, 0.2) is 0 Å². The first-order valence-electron chi connectivity index (χ1n) is 6.78. The first kappa shape index (κ1) is 14.4. The van der Waals surface area contributed by atoms with Crippen molar-refractivity contribution in [1.82, 2.24) is 10.3 Å². The summed E-state index contributed by atoms with van der Waals surface area (Å²) in [6.07, 6.45) is 4.26. The monoisotopic (exact) mass is 273 g/mol. The number of aromatic nitrogens is 1. The second-order valence-corrected chi connectivity index (χ2v) is 4.94. The lowest BCUT2D eigenvalue weighted by atomic mass is 9.88. The number of nitrogens with one attached hydrogen (secondary N) is 1. The van der Waals surface area contributed by atoms with Gasteiger partial charge in [0, 0.05) is 24.5 Å². The molecule has 0 spiro atoms. The Bertz CT molecular complexity index is 624. The van der Waals surface area contributed by atoms with Crippen molar-refractivity contribution in [2.75, 3.05) is 7.05 Å². The van der Waals surface area contributed by atoms with Crippen molar-refractivity contribution < 1.29 is 4.92 Å². The topological polar surface area (TPSA) is 68.1 Å². The number of rotatable bonds is 5. The molecule has 5 nitrogen and oxygen atoms in total. The maximum absolute atomic E-state index is 11.1. The van der Waals surface area contributed by atoms with Crippen molar-refractivity contribution >= 4 is 16.5 Å². The Balaban J connectivity index is 2.61. The number of pyridine rings is 1. The molecule has 0 aliphatic carbocycles. The summed E-state index contributed by atoms with van der Waals surface area (Å²) >= 11 is 0. The van der Waals surface area contributed by atoms with E-state index >= 15 is 0 Å². The molecule has 1 N–H and O–H groups in total. The Morgan fingerprint density at radius 1 is 1.35 bits per heavy atom. The highest BCUT2D eigenvalue weighted by atomic mass is 16.6. The molecule has 0 fully saturated rings. The van der Waals surface area contributed by atoms with E-state index in [1.54, 1.807) is 18.5 Å². The van der Waals surface area contributed by atoms with Crippen molar-refractivity contribution in [3.05, 3.63) is 46.3 Å². The molecule has 20 heavy (non-hydrogen) atoms. The summed E-state index contributed by atoms with van der Waals surface area (Å²) < 4.78 is 0. The van der Waals surface area contributed by atoms with Gasteiger partial charge in [0.1, 0.15) is 0 Å². The molecule has 1 aromatic heterocycles. The van der Waals surface area contributed by atoms with Crippen LogP contribution in [0.2, 0.25) is 0 Å². The third kappa shape index (κ3) is 2.49. The van der Waals surface area contributed by atoms with Crippen LogP contribution in [0.15, 0.2) is 30.6 Å². The quantitative estimate of drug-likeness (QED) is 0.670. The lowest BCUT2D eigenvalue weighted by Gasteiger charge is -2.23. The number of nitro benzene ring substituents is 1. The molecule has 0 aliphatic rings. The average molecular weight is 273 g/mol. The Kier molecular flexibility index (Phi) is 4.29. The molecule has 106 valence electrons. The molecule has 0 bridgehead atoms. The van der Waals surface area contributed by atoms with E-state index < -0.39 is 0 Å². The predicted molar refractivity (Wildman–Crippen MR) is 80.0 cm³/mol. The zero-order valence-corrected chi connectivity index (χ0v) is 12.0. The summed E-state index contributed by atoms with van der Waals surface area (Å²) in [4.78, 5) is 14.8. The summed E-state index contributed by atoms with van der Waals surface area (Å²) in [5.41, 5.74) is 1.23. The van der Waals surface area contributed by atoms with E-state index in [1.165, 1.54) is 0 Å². The SMILES string of the molecule is CCC(NC)C(C)c1ccc([N+](=O)[O-])c2cnccc12. The molecular formula is C15H19N3O2. The van der Waals surface area contributed by atoms with Crippen LogP contribution in [0.4, 0.5) is 5.69 Å². The van der Waals surface area contributed by atoms with Gasteiger partial charge in [-0.1, -0.05) is 19.9 Å². The van der Waals surface area contributed by atoms with E-state index in [9.17, 15) is 10.1 Å². The molecule has 5 heteroatoms. The number of likely N-dealkylation sites (N-methyl/N-ethyl adjacent to an activating group) is 1. The lowest BCUT2D eigenvalue weighted by Crippen LogP contribution is -2.30.